The van der Waals surface area contributed by atoms with Gasteiger partial charge in [-0.3, -0.25) is 4.79 Å². The summed E-state index contributed by atoms with van der Waals surface area (Å²) in [5, 5.41) is 9.71. The van der Waals surface area contributed by atoms with E-state index in [-0.39, 0.29) is 10.6 Å². The fraction of sp³-hybridized carbons (Fsp3) is 0.714. The molecule has 0 aliphatic heterocycles. The van der Waals surface area contributed by atoms with Crippen molar-refractivity contribution < 1.29 is 0 Å². The normalized spacial score (nSPS) is 24.2. The van der Waals surface area contributed by atoms with Crippen LogP contribution in [0.25, 0.3) is 0 Å². The zero-order valence-electron chi connectivity index (χ0n) is 11.6. The molecule has 2 N–H and O–H groups in total. The van der Waals surface area contributed by atoms with Crippen molar-refractivity contribution in [1.82, 2.24) is 10.2 Å². The van der Waals surface area contributed by atoms with Crippen LogP contribution >= 0.6 is 11.6 Å². The molecule has 1 aromatic heterocycles. The van der Waals surface area contributed by atoms with Gasteiger partial charge in [-0.1, -0.05) is 38.3 Å². The van der Waals surface area contributed by atoms with E-state index in [1.807, 2.05) is 0 Å². The SMILES string of the molecule is CC(C)C1CCCC(Nc2cn[nH]c(=O)c2Cl)CC1. The molecule has 1 fully saturated rings. The highest BCUT2D eigenvalue weighted by Crippen LogP contribution is 2.30. The number of hydrogen-bond donors (Lipinski definition) is 2. The van der Waals surface area contributed by atoms with Crippen LogP contribution in [0.3, 0.4) is 0 Å². The lowest BCUT2D eigenvalue weighted by Crippen LogP contribution is -2.21. The lowest BCUT2D eigenvalue weighted by atomic mass is 9.89. The number of aromatic nitrogens is 2. The molecule has 0 amide bonds. The maximum absolute atomic E-state index is 11.4. The van der Waals surface area contributed by atoms with Crippen molar-refractivity contribution in [2.75, 3.05) is 5.32 Å². The van der Waals surface area contributed by atoms with Crippen molar-refractivity contribution in [3.63, 3.8) is 0 Å². The Morgan fingerprint density at radius 3 is 2.89 bits per heavy atom. The van der Waals surface area contributed by atoms with E-state index in [0.717, 1.165) is 24.7 Å². The average Bonchev–Trinajstić information content (AvgIpc) is 2.60. The van der Waals surface area contributed by atoms with Crippen molar-refractivity contribution in [1.29, 1.82) is 0 Å². The number of H-pyrrole nitrogens is 1. The molecule has 0 aromatic carbocycles. The Hall–Kier alpha value is -1.03. The molecule has 1 aliphatic rings. The van der Waals surface area contributed by atoms with E-state index in [1.165, 1.54) is 19.3 Å². The molecule has 5 heteroatoms. The van der Waals surface area contributed by atoms with Gasteiger partial charge in [0.05, 0.1) is 11.9 Å². The smallest absolute Gasteiger partial charge is 0.285 e. The first-order valence-electron chi connectivity index (χ1n) is 7.07. The lowest BCUT2D eigenvalue weighted by Gasteiger charge is -2.19. The molecule has 0 saturated heterocycles. The number of aromatic amines is 1. The van der Waals surface area contributed by atoms with Gasteiger partial charge in [-0.25, -0.2) is 5.10 Å². The van der Waals surface area contributed by atoms with Gasteiger partial charge >= 0.3 is 0 Å². The van der Waals surface area contributed by atoms with Crippen LogP contribution in [0.15, 0.2) is 11.0 Å². The second-order valence-electron chi connectivity index (χ2n) is 5.78. The molecule has 2 atom stereocenters. The minimum atomic E-state index is -0.333. The molecule has 4 nitrogen and oxygen atoms in total. The molecular weight excluding hydrogens is 262 g/mol. The van der Waals surface area contributed by atoms with Crippen molar-refractivity contribution in [2.24, 2.45) is 11.8 Å². The molecule has 1 aliphatic carbocycles. The minimum absolute atomic E-state index is 0.208. The topological polar surface area (TPSA) is 57.8 Å². The van der Waals surface area contributed by atoms with Crippen molar-refractivity contribution in [3.8, 4) is 0 Å². The molecule has 19 heavy (non-hydrogen) atoms. The van der Waals surface area contributed by atoms with E-state index in [9.17, 15) is 4.79 Å². The fourth-order valence-electron chi connectivity index (χ4n) is 2.85. The maximum atomic E-state index is 11.4. The summed E-state index contributed by atoms with van der Waals surface area (Å²) in [6.07, 6.45) is 7.63. The molecule has 1 saturated carbocycles. The van der Waals surface area contributed by atoms with Gasteiger partial charge in [0.15, 0.2) is 0 Å². The second-order valence-corrected chi connectivity index (χ2v) is 6.16. The number of halogens is 1. The fourth-order valence-corrected chi connectivity index (χ4v) is 2.99. The third-order valence-electron chi connectivity index (χ3n) is 4.11. The summed E-state index contributed by atoms with van der Waals surface area (Å²) in [4.78, 5) is 11.4. The van der Waals surface area contributed by atoms with Crippen LogP contribution in [0, 0.1) is 11.8 Å². The Labute approximate surface area is 118 Å². The molecule has 2 unspecified atom stereocenters. The highest BCUT2D eigenvalue weighted by atomic mass is 35.5. The summed E-state index contributed by atoms with van der Waals surface area (Å²) in [5.74, 6) is 1.57. The standard InChI is InChI=1S/C14H22ClN3O/c1-9(2)10-4-3-5-11(7-6-10)17-12-8-16-18-14(19)13(12)15/h8-11H,3-7H2,1-2H3,(H2,17,18,19). The van der Waals surface area contributed by atoms with Crippen LogP contribution in [0.2, 0.25) is 5.02 Å². The van der Waals surface area contributed by atoms with E-state index >= 15 is 0 Å². The Kier molecular flexibility index (Phi) is 4.86. The summed E-state index contributed by atoms with van der Waals surface area (Å²) in [7, 11) is 0. The van der Waals surface area contributed by atoms with Crippen molar-refractivity contribution in [3.05, 3.63) is 21.6 Å². The Morgan fingerprint density at radius 1 is 1.37 bits per heavy atom. The molecule has 2 rings (SSSR count). The monoisotopic (exact) mass is 283 g/mol. The first kappa shape index (κ1) is 14.4. The van der Waals surface area contributed by atoms with Crippen molar-refractivity contribution in [2.45, 2.75) is 52.0 Å². The van der Waals surface area contributed by atoms with Crippen LogP contribution in [0.4, 0.5) is 5.69 Å². The largest absolute Gasteiger partial charge is 0.380 e. The van der Waals surface area contributed by atoms with Gasteiger partial charge in [0.2, 0.25) is 0 Å². The van der Waals surface area contributed by atoms with Gasteiger partial charge < -0.3 is 5.32 Å². The minimum Gasteiger partial charge on any atom is -0.380 e. The van der Waals surface area contributed by atoms with Crippen LogP contribution in [-0.4, -0.2) is 16.2 Å². The second kappa shape index (κ2) is 6.42. The highest BCUT2D eigenvalue weighted by molar-refractivity contribution is 6.32. The third kappa shape index (κ3) is 3.72. The molecule has 0 bridgehead atoms. The molecule has 0 spiro atoms. The molecule has 0 radical (unpaired) electrons. The van der Waals surface area contributed by atoms with Gasteiger partial charge in [-0.15, -0.1) is 0 Å². The van der Waals surface area contributed by atoms with Crippen LogP contribution in [0.1, 0.15) is 46.0 Å². The predicted octanol–water partition coefficient (Wildman–Crippen LogP) is 3.44. The first-order chi connectivity index (χ1) is 9.08. The lowest BCUT2D eigenvalue weighted by molar-refractivity contribution is 0.341. The maximum Gasteiger partial charge on any atom is 0.285 e. The molecule has 106 valence electrons. The van der Waals surface area contributed by atoms with E-state index in [1.54, 1.807) is 6.20 Å². The van der Waals surface area contributed by atoms with Gasteiger partial charge in [0.1, 0.15) is 5.02 Å². The van der Waals surface area contributed by atoms with Crippen molar-refractivity contribution >= 4 is 17.3 Å². The van der Waals surface area contributed by atoms with E-state index < -0.39 is 0 Å². The van der Waals surface area contributed by atoms with Gasteiger partial charge in [0, 0.05) is 6.04 Å². The molecule has 1 heterocycles. The molecule has 1 aromatic rings. The van der Waals surface area contributed by atoms with Gasteiger partial charge in [0.25, 0.3) is 5.56 Å². The van der Waals surface area contributed by atoms with Crippen LogP contribution < -0.4 is 10.9 Å². The van der Waals surface area contributed by atoms with Gasteiger partial charge in [-0.05, 0) is 31.1 Å². The van der Waals surface area contributed by atoms with Crippen LogP contribution in [0.5, 0.6) is 0 Å². The summed E-state index contributed by atoms with van der Waals surface area (Å²) < 4.78 is 0. The number of rotatable bonds is 3. The third-order valence-corrected chi connectivity index (χ3v) is 4.49. The first-order valence-corrected chi connectivity index (χ1v) is 7.45. The average molecular weight is 284 g/mol. The van der Waals surface area contributed by atoms with E-state index in [0.29, 0.717) is 11.7 Å². The zero-order valence-corrected chi connectivity index (χ0v) is 12.3. The summed E-state index contributed by atoms with van der Waals surface area (Å²) in [6.45, 7) is 4.60. The molecular formula is C14H22ClN3O. The Morgan fingerprint density at radius 2 is 2.16 bits per heavy atom. The van der Waals surface area contributed by atoms with Gasteiger partial charge in [-0.2, -0.15) is 5.10 Å². The number of anilines is 1. The van der Waals surface area contributed by atoms with E-state index in [2.05, 4.69) is 29.4 Å². The van der Waals surface area contributed by atoms with Crippen LogP contribution in [-0.2, 0) is 0 Å². The number of nitrogens with one attached hydrogen (secondary N) is 2. The number of hydrogen-bond acceptors (Lipinski definition) is 3. The zero-order chi connectivity index (χ0) is 13.8. The number of nitrogens with zero attached hydrogens (tertiary/aromatic N) is 1. The summed E-state index contributed by atoms with van der Waals surface area (Å²) in [6, 6.07) is 0.393. The highest BCUT2D eigenvalue weighted by Gasteiger charge is 2.21. The predicted molar refractivity (Wildman–Crippen MR) is 78.7 cm³/mol. The quantitative estimate of drug-likeness (QED) is 0.836. The van der Waals surface area contributed by atoms with E-state index in [4.69, 9.17) is 11.6 Å². The summed E-state index contributed by atoms with van der Waals surface area (Å²) in [5.41, 5.74) is 0.318. The summed E-state index contributed by atoms with van der Waals surface area (Å²) >= 11 is 5.99. The Bertz CT molecular complexity index is 472. The Balaban J connectivity index is 2.00.